The van der Waals surface area contributed by atoms with Crippen LogP contribution in [-0.4, -0.2) is 76.3 Å². The van der Waals surface area contributed by atoms with Gasteiger partial charge in [0.15, 0.2) is 5.78 Å². The number of aromatic nitrogens is 8. The van der Waals surface area contributed by atoms with Gasteiger partial charge in [0.1, 0.15) is 11.7 Å². The van der Waals surface area contributed by atoms with Crippen molar-refractivity contribution in [3.05, 3.63) is 222 Å². The number of Topliss-reactive ketones (excluding diaryl/α,β-unsaturated/α-hetero) is 2. The smallest absolute Gasteiger partial charge is 0.292 e. The topological polar surface area (TPSA) is 245 Å². The standard InChI is InChI=1S/C20H18N4O.C20H14N4O.C20H15N3O3/c2*25-20-19(15-10-22-17-8-4-2-6-13(15)17)24-18(11-23-20)14-9-21-16-7-3-1-5-12(14)16;24-18(14-9-21-16-7-3-1-5-12(14)16)11-23-20(26)19(25)15-10-22-17-8-4-2-6-13(15)17/h1-10,18-19,21-22,24H,11H2,(H,23,25);1-11,21-22H,(H,23,25);1-10,21-22H,11H2,(H,23,26). The van der Waals surface area contributed by atoms with Gasteiger partial charge in [-0.1, -0.05) is 109 Å². The molecular formula is C60H47N11O5. The summed E-state index contributed by atoms with van der Waals surface area (Å²) in [7, 11) is 0. The Hall–Kier alpha value is -10.3. The number of ketones is 2. The molecule has 0 bridgehead atoms. The van der Waals surface area contributed by atoms with Gasteiger partial charge >= 0.3 is 0 Å². The van der Waals surface area contributed by atoms with Crippen molar-refractivity contribution in [3.8, 4) is 22.5 Å². The van der Waals surface area contributed by atoms with Crippen LogP contribution in [0.4, 0.5) is 0 Å². The fourth-order valence-corrected chi connectivity index (χ4v) is 10.1. The van der Waals surface area contributed by atoms with Gasteiger partial charge in [-0.2, -0.15) is 0 Å². The Morgan fingerprint density at radius 1 is 0.474 bits per heavy atom. The number of carbonyl (C=O) groups excluding carboxylic acids is 4. The maximum absolute atomic E-state index is 12.5. The number of nitrogens with one attached hydrogen (secondary N) is 10. The third-order valence-corrected chi connectivity index (χ3v) is 13.9. The molecule has 2 amide bonds. The number of benzene rings is 6. The van der Waals surface area contributed by atoms with E-state index in [-0.39, 0.29) is 41.4 Å². The molecule has 16 nitrogen and oxygen atoms in total. The van der Waals surface area contributed by atoms with Crippen molar-refractivity contribution in [2.75, 3.05) is 13.1 Å². The molecule has 0 spiro atoms. The first-order valence-corrected chi connectivity index (χ1v) is 24.6. The summed E-state index contributed by atoms with van der Waals surface area (Å²) < 4.78 is 0. The van der Waals surface area contributed by atoms with Crippen LogP contribution in [0.1, 0.15) is 43.9 Å². The molecule has 10 N–H and O–H groups in total. The number of carbonyl (C=O) groups is 4. The third-order valence-electron chi connectivity index (χ3n) is 13.9. The number of hydrogen-bond acceptors (Lipinski definition) is 7. The van der Waals surface area contributed by atoms with Crippen LogP contribution in [0, 0.1) is 0 Å². The molecule has 1 aliphatic heterocycles. The molecule has 76 heavy (non-hydrogen) atoms. The monoisotopic (exact) mass is 1000 g/mol. The fraction of sp³-hybridized carbons (Fsp3) is 0.0667. The average molecular weight is 1000 g/mol. The minimum Gasteiger partial charge on any atom is -0.361 e. The Labute approximate surface area is 431 Å². The molecular weight excluding hydrogens is 955 g/mol. The van der Waals surface area contributed by atoms with Crippen molar-refractivity contribution >= 4 is 88.8 Å². The van der Waals surface area contributed by atoms with E-state index in [2.05, 4.69) is 68.0 Å². The van der Waals surface area contributed by atoms with Gasteiger partial charge in [-0.05, 0) is 42.0 Å². The molecule has 16 heteroatoms. The quantitative estimate of drug-likeness (QED) is 0.0495. The maximum Gasteiger partial charge on any atom is 0.292 e. The molecule has 1 saturated heterocycles. The van der Waals surface area contributed by atoms with E-state index in [1.54, 1.807) is 24.5 Å². The molecule has 0 aliphatic carbocycles. The van der Waals surface area contributed by atoms with Crippen LogP contribution >= 0.6 is 0 Å². The highest BCUT2D eigenvalue weighted by Crippen LogP contribution is 2.33. The van der Waals surface area contributed by atoms with Crippen LogP contribution in [0.15, 0.2) is 194 Å². The van der Waals surface area contributed by atoms with Gasteiger partial charge in [0.25, 0.3) is 17.2 Å². The van der Waals surface area contributed by atoms with E-state index in [0.29, 0.717) is 23.2 Å². The van der Waals surface area contributed by atoms with Crippen molar-refractivity contribution in [2.24, 2.45) is 0 Å². The lowest BCUT2D eigenvalue weighted by atomic mass is 9.98. The second-order valence-electron chi connectivity index (χ2n) is 18.4. The molecule has 0 saturated carbocycles. The van der Waals surface area contributed by atoms with Gasteiger partial charge in [0.05, 0.1) is 23.8 Å². The lowest BCUT2D eigenvalue weighted by Crippen LogP contribution is -2.49. The molecule has 14 rings (SSSR count). The van der Waals surface area contributed by atoms with E-state index in [4.69, 9.17) is 0 Å². The maximum atomic E-state index is 12.5. The molecule has 13 aromatic rings. The van der Waals surface area contributed by atoms with Crippen LogP contribution in [0.2, 0.25) is 0 Å². The average Bonchev–Trinajstić information content (AvgIpc) is 4.36. The van der Waals surface area contributed by atoms with Gasteiger partial charge in [0.2, 0.25) is 5.91 Å². The highest BCUT2D eigenvalue weighted by atomic mass is 16.2. The van der Waals surface area contributed by atoms with Crippen LogP contribution in [0.25, 0.3) is 87.9 Å². The van der Waals surface area contributed by atoms with Gasteiger partial charge in [-0.25, -0.2) is 4.98 Å². The molecule has 0 radical (unpaired) electrons. The Kier molecular flexibility index (Phi) is 12.3. The van der Waals surface area contributed by atoms with Crippen molar-refractivity contribution in [1.29, 1.82) is 0 Å². The summed E-state index contributed by atoms with van der Waals surface area (Å²) in [6.07, 6.45) is 12.5. The zero-order valence-corrected chi connectivity index (χ0v) is 40.5. The highest BCUT2D eigenvalue weighted by Gasteiger charge is 2.32. The zero-order valence-electron chi connectivity index (χ0n) is 40.5. The highest BCUT2D eigenvalue weighted by molar-refractivity contribution is 6.45. The first-order chi connectivity index (χ1) is 37.3. The lowest BCUT2D eigenvalue weighted by Gasteiger charge is -2.31. The van der Waals surface area contributed by atoms with E-state index in [1.165, 1.54) is 17.1 Å². The molecule has 2 atom stereocenters. The molecule has 7 aromatic heterocycles. The number of piperazine rings is 1. The second kappa shape index (κ2) is 19.9. The van der Waals surface area contributed by atoms with Crippen LogP contribution in [0.5, 0.6) is 0 Å². The van der Waals surface area contributed by atoms with Gasteiger partial charge in [-0.3, -0.25) is 29.3 Å². The van der Waals surface area contributed by atoms with Crippen molar-refractivity contribution in [1.82, 2.24) is 55.8 Å². The predicted molar refractivity (Wildman–Crippen MR) is 296 cm³/mol. The number of rotatable bonds is 9. The number of H-pyrrole nitrogens is 7. The van der Waals surface area contributed by atoms with Gasteiger partial charge in [-0.15, -0.1) is 0 Å². The Bertz CT molecular complexity index is 4390. The lowest BCUT2D eigenvalue weighted by molar-refractivity contribution is -0.125. The van der Waals surface area contributed by atoms with Crippen molar-refractivity contribution < 1.29 is 19.2 Å². The number of fused-ring (bicyclic) bond motifs is 6. The van der Waals surface area contributed by atoms with E-state index in [9.17, 15) is 24.0 Å². The summed E-state index contributed by atoms with van der Waals surface area (Å²) in [5.41, 5.74) is 11.5. The van der Waals surface area contributed by atoms with Crippen molar-refractivity contribution in [3.63, 3.8) is 0 Å². The molecule has 6 aromatic carbocycles. The number of nitrogens with zero attached hydrogens (tertiary/aromatic N) is 1. The molecule has 372 valence electrons. The van der Waals surface area contributed by atoms with Crippen LogP contribution in [-0.2, 0) is 9.59 Å². The van der Waals surface area contributed by atoms with E-state index in [0.717, 1.165) is 77.0 Å². The Morgan fingerprint density at radius 3 is 1.54 bits per heavy atom. The van der Waals surface area contributed by atoms with E-state index in [1.807, 2.05) is 146 Å². The largest absolute Gasteiger partial charge is 0.361 e. The number of amides is 2. The summed E-state index contributed by atoms with van der Waals surface area (Å²) in [6.45, 7) is 0.342. The molecule has 8 heterocycles. The summed E-state index contributed by atoms with van der Waals surface area (Å²) in [5, 5.41) is 14.8. The Balaban J connectivity index is 0.000000115. The summed E-state index contributed by atoms with van der Waals surface area (Å²) >= 11 is 0. The first kappa shape index (κ1) is 46.7. The summed E-state index contributed by atoms with van der Waals surface area (Å²) in [5.74, 6) is -1.72. The SMILES string of the molecule is O=C(NCC(=O)c1c[nH]c2ccccc12)C(=O)c1c[nH]c2ccccc12.O=C1NCC(c2c[nH]c3ccccc23)NC1c1c[nH]c2ccccc12.O=c1[nH]cc(-c2c[nH]c3ccccc23)nc1-c1c[nH]c2ccccc12. The van der Waals surface area contributed by atoms with Crippen molar-refractivity contribution in [2.45, 2.75) is 12.1 Å². The minimum absolute atomic E-state index is 0.0147. The normalized spacial score (nSPS) is 14.3. The van der Waals surface area contributed by atoms with E-state index >= 15 is 0 Å². The third kappa shape index (κ3) is 8.79. The number of hydrogen-bond donors (Lipinski definition) is 10. The van der Waals surface area contributed by atoms with Gasteiger partial charge in [0, 0.05) is 138 Å². The van der Waals surface area contributed by atoms with Crippen LogP contribution < -0.4 is 21.5 Å². The zero-order chi connectivity index (χ0) is 51.7. The number of aromatic amines is 7. The summed E-state index contributed by atoms with van der Waals surface area (Å²) in [4.78, 5) is 88.4. The number of para-hydroxylation sites is 6. The minimum atomic E-state index is -0.803. The van der Waals surface area contributed by atoms with Crippen LogP contribution in [0.3, 0.4) is 0 Å². The second-order valence-corrected chi connectivity index (χ2v) is 18.4. The molecule has 1 fully saturated rings. The fourth-order valence-electron chi connectivity index (χ4n) is 10.1. The Morgan fingerprint density at radius 2 is 0.921 bits per heavy atom. The summed E-state index contributed by atoms with van der Waals surface area (Å²) in [6, 6.07) is 46.6. The first-order valence-electron chi connectivity index (χ1n) is 24.6. The molecule has 2 unspecified atom stereocenters. The van der Waals surface area contributed by atoms with E-state index < -0.39 is 11.7 Å². The molecule has 1 aliphatic rings. The van der Waals surface area contributed by atoms with Gasteiger partial charge < -0.3 is 45.5 Å². The predicted octanol–water partition coefficient (Wildman–Crippen LogP) is 10.0.